The van der Waals surface area contributed by atoms with Gasteiger partial charge in [0.2, 0.25) is 11.8 Å². The fraction of sp³-hybridized carbons (Fsp3) is 0.263. The predicted molar refractivity (Wildman–Crippen MR) is 95.4 cm³/mol. The van der Waals surface area contributed by atoms with Crippen molar-refractivity contribution < 1.29 is 14.3 Å². The van der Waals surface area contributed by atoms with Crippen LogP contribution in [0, 0.1) is 6.92 Å². The van der Waals surface area contributed by atoms with Crippen LogP contribution in [0.25, 0.3) is 0 Å². The van der Waals surface area contributed by atoms with E-state index in [1.165, 1.54) is 6.92 Å². The van der Waals surface area contributed by atoms with E-state index in [1.54, 1.807) is 24.1 Å². The van der Waals surface area contributed by atoms with Gasteiger partial charge in [-0.2, -0.15) is 0 Å². The van der Waals surface area contributed by atoms with E-state index in [9.17, 15) is 9.59 Å². The van der Waals surface area contributed by atoms with E-state index < -0.39 is 0 Å². The van der Waals surface area contributed by atoms with E-state index in [0.29, 0.717) is 18.0 Å². The van der Waals surface area contributed by atoms with Crippen molar-refractivity contribution in [1.29, 1.82) is 0 Å². The highest BCUT2D eigenvalue weighted by Gasteiger charge is 2.15. The third-order valence-electron chi connectivity index (χ3n) is 3.73. The second kappa shape index (κ2) is 8.15. The summed E-state index contributed by atoms with van der Waals surface area (Å²) < 4.78 is 5.22. The Morgan fingerprint density at radius 2 is 1.75 bits per heavy atom. The summed E-state index contributed by atoms with van der Waals surface area (Å²) in [4.78, 5) is 25.8. The Labute approximate surface area is 142 Å². The summed E-state index contributed by atoms with van der Waals surface area (Å²) in [6, 6.07) is 14.9. The fourth-order valence-corrected chi connectivity index (χ4v) is 2.49. The molecule has 0 heterocycles. The largest absolute Gasteiger partial charge is 0.495 e. The van der Waals surface area contributed by atoms with Crippen LogP contribution in [0.5, 0.6) is 5.75 Å². The quantitative estimate of drug-likeness (QED) is 0.885. The van der Waals surface area contributed by atoms with Crippen molar-refractivity contribution in [2.45, 2.75) is 20.3 Å². The number of aryl methyl sites for hydroxylation is 1. The Hall–Kier alpha value is -2.82. The van der Waals surface area contributed by atoms with Crippen LogP contribution in [0.1, 0.15) is 18.9 Å². The maximum atomic E-state index is 12.2. The number of ether oxygens (including phenoxy) is 1. The lowest BCUT2D eigenvalue weighted by Gasteiger charge is -2.23. The zero-order chi connectivity index (χ0) is 17.5. The molecule has 1 N–H and O–H groups in total. The molecule has 0 spiro atoms. The third-order valence-corrected chi connectivity index (χ3v) is 3.73. The number of nitrogens with zero attached hydrogens (tertiary/aromatic N) is 1. The monoisotopic (exact) mass is 326 g/mol. The molecular formula is C19H22N2O3. The number of anilines is 2. The van der Waals surface area contributed by atoms with Gasteiger partial charge in [0.15, 0.2) is 0 Å². The van der Waals surface area contributed by atoms with E-state index in [4.69, 9.17) is 4.74 Å². The Kier molecular flexibility index (Phi) is 5.95. The molecule has 2 aromatic rings. The van der Waals surface area contributed by atoms with E-state index in [1.807, 2.05) is 43.3 Å². The van der Waals surface area contributed by atoms with E-state index >= 15 is 0 Å². The number of rotatable bonds is 6. The molecule has 5 heteroatoms. The molecule has 0 unspecified atom stereocenters. The predicted octanol–water partition coefficient (Wildman–Crippen LogP) is 3.39. The highest BCUT2D eigenvalue weighted by molar-refractivity contribution is 5.95. The van der Waals surface area contributed by atoms with Gasteiger partial charge in [-0.3, -0.25) is 9.59 Å². The SMILES string of the molecule is COc1ccccc1NC(=O)CCN(C(C)=O)c1ccccc1C. The lowest BCUT2D eigenvalue weighted by molar-refractivity contribution is -0.117. The minimum Gasteiger partial charge on any atom is -0.495 e. The molecule has 0 saturated carbocycles. The maximum absolute atomic E-state index is 12.2. The van der Waals surface area contributed by atoms with Crippen LogP contribution in [0.3, 0.4) is 0 Å². The number of hydrogen-bond donors (Lipinski definition) is 1. The average molecular weight is 326 g/mol. The van der Waals surface area contributed by atoms with Crippen molar-refractivity contribution in [3.63, 3.8) is 0 Å². The minimum absolute atomic E-state index is 0.0885. The van der Waals surface area contributed by atoms with Gasteiger partial charge in [-0.25, -0.2) is 0 Å². The van der Waals surface area contributed by atoms with Crippen molar-refractivity contribution in [2.75, 3.05) is 23.9 Å². The molecule has 0 radical (unpaired) electrons. The summed E-state index contributed by atoms with van der Waals surface area (Å²) in [6.45, 7) is 3.77. The first-order valence-corrected chi connectivity index (χ1v) is 7.79. The first kappa shape index (κ1) is 17.5. The standard InChI is InChI=1S/C19H22N2O3/c1-14-8-4-6-10-17(14)21(15(2)22)13-12-19(23)20-16-9-5-7-11-18(16)24-3/h4-11H,12-13H2,1-3H3,(H,20,23). The summed E-state index contributed by atoms with van der Waals surface area (Å²) in [7, 11) is 1.56. The molecule has 0 aliphatic heterocycles. The molecule has 126 valence electrons. The number of amides is 2. The van der Waals surface area contributed by atoms with Crippen LogP contribution < -0.4 is 15.0 Å². The number of para-hydroxylation sites is 3. The third kappa shape index (κ3) is 4.35. The topological polar surface area (TPSA) is 58.6 Å². The molecule has 24 heavy (non-hydrogen) atoms. The number of hydrogen-bond acceptors (Lipinski definition) is 3. The minimum atomic E-state index is -0.167. The molecule has 5 nitrogen and oxygen atoms in total. The Bertz CT molecular complexity index is 728. The summed E-state index contributed by atoms with van der Waals surface area (Å²) >= 11 is 0. The molecule has 0 atom stereocenters. The van der Waals surface area contributed by atoms with Crippen molar-refractivity contribution in [3.05, 3.63) is 54.1 Å². The first-order valence-electron chi connectivity index (χ1n) is 7.79. The van der Waals surface area contributed by atoms with Crippen LogP contribution in [0.2, 0.25) is 0 Å². The van der Waals surface area contributed by atoms with E-state index in [0.717, 1.165) is 11.3 Å². The zero-order valence-electron chi connectivity index (χ0n) is 14.2. The average Bonchev–Trinajstić information content (AvgIpc) is 2.57. The molecule has 0 bridgehead atoms. The fourth-order valence-electron chi connectivity index (χ4n) is 2.49. The second-order valence-corrected chi connectivity index (χ2v) is 5.46. The van der Waals surface area contributed by atoms with Crippen molar-refractivity contribution in [1.82, 2.24) is 0 Å². The van der Waals surface area contributed by atoms with E-state index in [-0.39, 0.29) is 18.2 Å². The van der Waals surface area contributed by atoms with Crippen molar-refractivity contribution in [2.24, 2.45) is 0 Å². The molecular weight excluding hydrogens is 304 g/mol. The smallest absolute Gasteiger partial charge is 0.226 e. The lowest BCUT2D eigenvalue weighted by atomic mass is 10.1. The van der Waals surface area contributed by atoms with Crippen LogP contribution in [-0.4, -0.2) is 25.5 Å². The van der Waals surface area contributed by atoms with Crippen LogP contribution in [0.15, 0.2) is 48.5 Å². The summed E-state index contributed by atoms with van der Waals surface area (Å²) in [5.41, 5.74) is 2.45. The van der Waals surface area contributed by atoms with E-state index in [2.05, 4.69) is 5.32 Å². The van der Waals surface area contributed by atoms with Crippen LogP contribution in [0.4, 0.5) is 11.4 Å². The molecule has 0 saturated heterocycles. The Morgan fingerprint density at radius 3 is 2.42 bits per heavy atom. The number of carbonyl (C=O) groups is 2. The second-order valence-electron chi connectivity index (χ2n) is 5.46. The van der Waals surface area contributed by atoms with Gasteiger partial charge in [0.05, 0.1) is 12.8 Å². The normalized spacial score (nSPS) is 10.1. The number of benzene rings is 2. The maximum Gasteiger partial charge on any atom is 0.226 e. The number of methoxy groups -OCH3 is 1. The molecule has 2 rings (SSSR count). The molecule has 0 aliphatic carbocycles. The zero-order valence-corrected chi connectivity index (χ0v) is 14.2. The molecule has 0 aromatic heterocycles. The Balaban J connectivity index is 2.03. The van der Waals surface area contributed by atoms with Gasteiger partial charge in [-0.15, -0.1) is 0 Å². The number of nitrogens with one attached hydrogen (secondary N) is 1. The van der Waals surface area contributed by atoms with Crippen molar-refractivity contribution >= 4 is 23.2 Å². The molecule has 2 amide bonds. The van der Waals surface area contributed by atoms with Gasteiger partial charge in [0.1, 0.15) is 5.75 Å². The van der Waals surface area contributed by atoms with Gasteiger partial charge in [-0.1, -0.05) is 30.3 Å². The van der Waals surface area contributed by atoms with Gasteiger partial charge in [0, 0.05) is 25.6 Å². The molecule has 2 aromatic carbocycles. The van der Waals surface area contributed by atoms with Gasteiger partial charge in [-0.05, 0) is 30.7 Å². The summed E-state index contributed by atoms with van der Waals surface area (Å²) in [5.74, 6) is 0.349. The molecule has 0 fully saturated rings. The van der Waals surface area contributed by atoms with Gasteiger partial charge >= 0.3 is 0 Å². The highest BCUT2D eigenvalue weighted by atomic mass is 16.5. The summed E-state index contributed by atoms with van der Waals surface area (Å²) in [6.07, 6.45) is 0.200. The first-order chi connectivity index (χ1) is 11.5. The Morgan fingerprint density at radius 1 is 1.08 bits per heavy atom. The van der Waals surface area contributed by atoms with Gasteiger partial charge in [0.25, 0.3) is 0 Å². The van der Waals surface area contributed by atoms with Crippen LogP contribution in [-0.2, 0) is 9.59 Å². The lowest BCUT2D eigenvalue weighted by Crippen LogP contribution is -2.32. The van der Waals surface area contributed by atoms with Gasteiger partial charge < -0.3 is 15.0 Å². The highest BCUT2D eigenvalue weighted by Crippen LogP contribution is 2.23. The van der Waals surface area contributed by atoms with Crippen LogP contribution >= 0.6 is 0 Å². The van der Waals surface area contributed by atoms with Crippen molar-refractivity contribution in [3.8, 4) is 5.75 Å². The molecule has 0 aliphatic rings. The summed E-state index contributed by atoms with van der Waals surface area (Å²) in [5, 5.41) is 2.82. The number of carbonyl (C=O) groups excluding carboxylic acids is 2.